The zero-order valence-corrected chi connectivity index (χ0v) is 14.1. The van der Waals surface area contributed by atoms with E-state index in [9.17, 15) is 14.7 Å². The molecular weight excluding hydrogens is 324 g/mol. The lowest BCUT2D eigenvalue weighted by Gasteiger charge is -2.15. The van der Waals surface area contributed by atoms with Crippen LogP contribution in [0.5, 0.6) is 5.75 Å². The third kappa shape index (κ3) is 3.08. The molecule has 0 amide bonds. The van der Waals surface area contributed by atoms with Crippen molar-refractivity contribution in [3.05, 3.63) is 51.7 Å². The van der Waals surface area contributed by atoms with Crippen LogP contribution in [0.25, 0.3) is 21.9 Å². The fourth-order valence-electron chi connectivity index (χ4n) is 2.74. The van der Waals surface area contributed by atoms with Gasteiger partial charge in [-0.3, -0.25) is 4.79 Å². The first-order valence-electron chi connectivity index (χ1n) is 7.90. The minimum absolute atomic E-state index is 0.00415. The molecule has 0 aliphatic heterocycles. The highest BCUT2D eigenvalue weighted by molar-refractivity contribution is 5.96. The van der Waals surface area contributed by atoms with E-state index >= 15 is 0 Å². The summed E-state index contributed by atoms with van der Waals surface area (Å²) in [6.45, 7) is 5.29. The molecule has 1 aromatic heterocycles. The standard InChI is InChI=1S/C19H18O6/c1-9(2)24-12-7-13(10(3)20)18-15(8-12)17(21)14-6-11(19(22)23)4-5-16(14)25-18/h4-10,20H,1-3H3,(H,22,23). The molecule has 0 saturated heterocycles. The lowest BCUT2D eigenvalue weighted by Crippen LogP contribution is -2.09. The summed E-state index contributed by atoms with van der Waals surface area (Å²) < 4.78 is 11.5. The molecule has 2 N–H and O–H groups in total. The van der Waals surface area contributed by atoms with E-state index in [0.717, 1.165) is 0 Å². The Morgan fingerprint density at radius 1 is 1.12 bits per heavy atom. The van der Waals surface area contributed by atoms with E-state index in [-0.39, 0.29) is 39.0 Å². The molecule has 25 heavy (non-hydrogen) atoms. The number of ether oxygens (including phenoxy) is 1. The number of hydrogen-bond acceptors (Lipinski definition) is 5. The molecule has 6 heteroatoms. The Morgan fingerprint density at radius 2 is 1.84 bits per heavy atom. The van der Waals surface area contributed by atoms with Gasteiger partial charge in [0, 0.05) is 5.56 Å². The maximum absolute atomic E-state index is 12.9. The second kappa shape index (κ2) is 6.22. The first-order chi connectivity index (χ1) is 11.8. The number of hydrogen-bond donors (Lipinski definition) is 2. The fourth-order valence-corrected chi connectivity index (χ4v) is 2.74. The van der Waals surface area contributed by atoms with Crippen molar-refractivity contribution in [2.45, 2.75) is 33.0 Å². The van der Waals surface area contributed by atoms with Gasteiger partial charge in [-0.15, -0.1) is 0 Å². The summed E-state index contributed by atoms with van der Waals surface area (Å²) in [5.41, 5.74) is 0.614. The van der Waals surface area contributed by atoms with Gasteiger partial charge in [0.2, 0.25) is 5.43 Å². The van der Waals surface area contributed by atoms with Gasteiger partial charge in [-0.1, -0.05) is 0 Å². The molecule has 1 unspecified atom stereocenters. The van der Waals surface area contributed by atoms with Gasteiger partial charge < -0.3 is 19.4 Å². The van der Waals surface area contributed by atoms with Crippen molar-refractivity contribution in [1.82, 2.24) is 0 Å². The lowest BCUT2D eigenvalue weighted by molar-refractivity contribution is 0.0697. The minimum Gasteiger partial charge on any atom is -0.491 e. The molecule has 6 nitrogen and oxygen atoms in total. The van der Waals surface area contributed by atoms with Crippen LogP contribution < -0.4 is 10.2 Å². The summed E-state index contributed by atoms with van der Waals surface area (Å²) in [5, 5.41) is 19.6. The highest BCUT2D eigenvalue weighted by Gasteiger charge is 2.18. The second-order valence-electron chi connectivity index (χ2n) is 6.18. The summed E-state index contributed by atoms with van der Waals surface area (Å²) in [6.07, 6.45) is -0.970. The topological polar surface area (TPSA) is 97.0 Å². The fraction of sp³-hybridized carbons (Fsp3) is 0.263. The quantitative estimate of drug-likeness (QED) is 0.705. The van der Waals surface area contributed by atoms with Crippen LogP contribution in [0.4, 0.5) is 0 Å². The molecular formula is C19H18O6. The van der Waals surface area contributed by atoms with Crippen molar-refractivity contribution >= 4 is 27.9 Å². The van der Waals surface area contributed by atoms with Crippen LogP contribution in [-0.4, -0.2) is 22.3 Å². The van der Waals surface area contributed by atoms with Gasteiger partial charge >= 0.3 is 5.97 Å². The maximum atomic E-state index is 12.9. The normalized spacial score (nSPS) is 12.7. The highest BCUT2D eigenvalue weighted by Crippen LogP contribution is 2.31. The van der Waals surface area contributed by atoms with E-state index in [2.05, 4.69) is 0 Å². The average Bonchev–Trinajstić information content (AvgIpc) is 2.54. The first kappa shape index (κ1) is 17.0. The third-order valence-corrected chi connectivity index (χ3v) is 3.84. The van der Waals surface area contributed by atoms with Crippen molar-refractivity contribution in [2.24, 2.45) is 0 Å². The Balaban J connectivity index is 2.40. The van der Waals surface area contributed by atoms with E-state index in [0.29, 0.717) is 11.3 Å². The molecule has 130 valence electrons. The molecule has 0 radical (unpaired) electrons. The van der Waals surface area contributed by atoms with E-state index in [1.165, 1.54) is 18.2 Å². The van der Waals surface area contributed by atoms with Gasteiger partial charge in [-0.2, -0.15) is 0 Å². The molecule has 0 spiro atoms. The smallest absolute Gasteiger partial charge is 0.335 e. The van der Waals surface area contributed by atoms with Gasteiger partial charge in [-0.05, 0) is 51.1 Å². The summed E-state index contributed by atoms with van der Waals surface area (Å²) >= 11 is 0. The Hall–Kier alpha value is -2.86. The van der Waals surface area contributed by atoms with Gasteiger partial charge in [0.15, 0.2) is 0 Å². The van der Waals surface area contributed by atoms with Crippen LogP contribution in [0.2, 0.25) is 0 Å². The van der Waals surface area contributed by atoms with E-state index in [1.54, 1.807) is 19.1 Å². The number of aliphatic hydroxyl groups is 1. The van der Waals surface area contributed by atoms with Crippen LogP contribution in [-0.2, 0) is 0 Å². The van der Waals surface area contributed by atoms with Gasteiger partial charge in [-0.25, -0.2) is 4.79 Å². The van der Waals surface area contributed by atoms with Crippen LogP contribution in [0, 0.1) is 0 Å². The van der Waals surface area contributed by atoms with Crippen LogP contribution in [0.1, 0.15) is 42.8 Å². The number of carboxylic acid groups (broad SMARTS) is 1. The van der Waals surface area contributed by atoms with Gasteiger partial charge in [0.25, 0.3) is 0 Å². The number of fused-ring (bicyclic) bond motifs is 2. The van der Waals surface area contributed by atoms with Crippen molar-refractivity contribution in [2.75, 3.05) is 0 Å². The number of carboxylic acids is 1. The molecule has 0 saturated carbocycles. The predicted molar refractivity (Wildman–Crippen MR) is 93.3 cm³/mol. The van der Waals surface area contributed by atoms with Crippen molar-refractivity contribution in [3.63, 3.8) is 0 Å². The Bertz CT molecular complexity index is 1030. The number of aliphatic hydroxyl groups excluding tert-OH is 1. The summed E-state index contributed by atoms with van der Waals surface area (Å²) in [6, 6.07) is 7.32. The molecule has 0 aliphatic carbocycles. The first-order valence-corrected chi connectivity index (χ1v) is 7.90. The van der Waals surface area contributed by atoms with E-state index in [1.807, 2.05) is 13.8 Å². The lowest BCUT2D eigenvalue weighted by atomic mass is 10.0. The molecule has 0 fully saturated rings. The Labute approximate surface area is 143 Å². The second-order valence-corrected chi connectivity index (χ2v) is 6.18. The maximum Gasteiger partial charge on any atom is 0.335 e. The zero-order valence-electron chi connectivity index (χ0n) is 14.1. The largest absolute Gasteiger partial charge is 0.491 e. The average molecular weight is 342 g/mol. The SMILES string of the molecule is CC(C)Oc1cc(C(C)O)c2oc3ccc(C(=O)O)cc3c(=O)c2c1. The summed E-state index contributed by atoms with van der Waals surface area (Å²) in [5.74, 6) is -0.678. The van der Waals surface area contributed by atoms with E-state index < -0.39 is 12.1 Å². The Kier molecular flexibility index (Phi) is 4.22. The number of benzene rings is 2. The monoisotopic (exact) mass is 342 g/mol. The number of carbonyl (C=O) groups is 1. The molecule has 1 atom stereocenters. The van der Waals surface area contributed by atoms with E-state index in [4.69, 9.17) is 14.3 Å². The summed E-state index contributed by atoms with van der Waals surface area (Å²) in [7, 11) is 0. The Morgan fingerprint density at radius 3 is 2.44 bits per heavy atom. The van der Waals surface area contributed by atoms with Crippen molar-refractivity contribution in [3.8, 4) is 5.75 Å². The molecule has 2 aromatic carbocycles. The molecule has 1 heterocycles. The number of aromatic carboxylic acids is 1. The van der Waals surface area contributed by atoms with Crippen LogP contribution in [0.3, 0.4) is 0 Å². The predicted octanol–water partition coefficient (Wildman–Crippen LogP) is 3.48. The molecule has 0 bridgehead atoms. The third-order valence-electron chi connectivity index (χ3n) is 3.84. The van der Waals surface area contributed by atoms with Gasteiger partial charge in [0.05, 0.1) is 28.5 Å². The zero-order chi connectivity index (χ0) is 18.3. The van der Waals surface area contributed by atoms with Gasteiger partial charge in [0.1, 0.15) is 16.9 Å². The van der Waals surface area contributed by atoms with Crippen LogP contribution >= 0.6 is 0 Å². The van der Waals surface area contributed by atoms with Crippen molar-refractivity contribution in [1.29, 1.82) is 0 Å². The highest BCUT2D eigenvalue weighted by atomic mass is 16.5. The molecule has 0 aliphatic rings. The molecule has 3 aromatic rings. The summed E-state index contributed by atoms with van der Waals surface area (Å²) in [4.78, 5) is 24.0. The number of rotatable bonds is 4. The molecule has 3 rings (SSSR count). The van der Waals surface area contributed by atoms with Crippen molar-refractivity contribution < 1.29 is 24.2 Å². The minimum atomic E-state index is -1.12. The van der Waals surface area contributed by atoms with Crippen LogP contribution in [0.15, 0.2) is 39.5 Å².